The summed E-state index contributed by atoms with van der Waals surface area (Å²) in [5.74, 6) is 2.35. The van der Waals surface area contributed by atoms with Crippen LogP contribution in [-0.4, -0.2) is 41.3 Å². The van der Waals surface area contributed by atoms with Crippen molar-refractivity contribution in [3.8, 4) is 0 Å². The number of carbonyl (C=O) groups is 2. The van der Waals surface area contributed by atoms with Crippen LogP contribution in [0.15, 0.2) is 0 Å². The molecule has 6 rings (SSSR count). The molecule has 12 atom stereocenters. The molecule has 2 saturated heterocycles. The SMILES string of the molecule is CC1CCC2(OC1)OC1CC3C4CCC5CC(O)C(=O)CC5(C)C4CC(=O)C3(C)C1C2C. The van der Waals surface area contributed by atoms with Crippen LogP contribution in [0.2, 0.25) is 0 Å². The Kier molecular flexibility index (Phi) is 4.68. The first kappa shape index (κ1) is 21.7. The lowest BCUT2D eigenvalue weighted by atomic mass is 9.44. The quantitative estimate of drug-likeness (QED) is 0.608. The normalized spacial score (nSPS) is 59.5. The maximum Gasteiger partial charge on any atom is 0.171 e. The van der Waals surface area contributed by atoms with Crippen molar-refractivity contribution in [2.45, 2.75) is 97.1 Å². The summed E-state index contributed by atoms with van der Waals surface area (Å²) in [5.41, 5.74) is -0.493. The fourth-order valence-electron chi connectivity index (χ4n) is 9.78. The summed E-state index contributed by atoms with van der Waals surface area (Å²) in [7, 11) is 0. The van der Waals surface area contributed by atoms with Crippen LogP contribution in [0.5, 0.6) is 0 Å². The minimum absolute atomic E-state index is 0.0175. The molecule has 4 aliphatic carbocycles. The number of hydrogen-bond donors (Lipinski definition) is 1. The van der Waals surface area contributed by atoms with Gasteiger partial charge in [0.2, 0.25) is 0 Å². The largest absolute Gasteiger partial charge is 0.385 e. The van der Waals surface area contributed by atoms with E-state index in [-0.39, 0.29) is 40.5 Å². The van der Waals surface area contributed by atoms with Crippen LogP contribution >= 0.6 is 0 Å². The van der Waals surface area contributed by atoms with Crippen molar-refractivity contribution in [3.63, 3.8) is 0 Å². The number of ether oxygens (including phenoxy) is 2. The van der Waals surface area contributed by atoms with Crippen molar-refractivity contribution in [2.75, 3.05) is 6.61 Å². The smallest absolute Gasteiger partial charge is 0.171 e. The summed E-state index contributed by atoms with van der Waals surface area (Å²) in [6.45, 7) is 9.75. The van der Waals surface area contributed by atoms with E-state index in [1.807, 2.05) is 0 Å². The second kappa shape index (κ2) is 6.88. The molecular weight excluding hydrogens is 404 g/mol. The molecule has 0 aromatic rings. The molecule has 2 aliphatic heterocycles. The van der Waals surface area contributed by atoms with Gasteiger partial charge in [0.15, 0.2) is 11.6 Å². The maximum atomic E-state index is 14.0. The number of carbonyl (C=O) groups excluding carboxylic acids is 2. The van der Waals surface area contributed by atoms with Crippen molar-refractivity contribution in [2.24, 2.45) is 52.3 Å². The van der Waals surface area contributed by atoms with Gasteiger partial charge >= 0.3 is 0 Å². The van der Waals surface area contributed by atoms with E-state index >= 15 is 0 Å². The zero-order chi connectivity index (χ0) is 22.6. The average molecular weight is 445 g/mol. The molecule has 12 unspecified atom stereocenters. The molecule has 0 bridgehead atoms. The number of rotatable bonds is 0. The fraction of sp³-hybridized carbons (Fsp3) is 0.926. The molecule has 1 N–H and O–H groups in total. The standard InChI is InChI=1S/C27H40O5/c1-14-7-8-27(31-13-14)15(2)24-22(32-27)10-19-17-6-5-16-9-20(28)21(29)12-25(16,3)18(17)11-23(30)26(19,24)4/h14-20,22,24,28H,5-13H2,1-4H3. The van der Waals surface area contributed by atoms with Crippen LogP contribution in [0.1, 0.15) is 79.1 Å². The highest BCUT2D eigenvalue weighted by atomic mass is 16.7. The maximum absolute atomic E-state index is 14.0. The molecule has 1 spiro atoms. The van der Waals surface area contributed by atoms with Crippen LogP contribution in [0.25, 0.3) is 0 Å². The number of hydrogen-bond acceptors (Lipinski definition) is 5. The highest BCUT2D eigenvalue weighted by molar-refractivity contribution is 5.88. The third kappa shape index (κ3) is 2.62. The zero-order valence-electron chi connectivity index (χ0n) is 20.1. The number of ketones is 2. The Balaban J connectivity index is 1.31. The Morgan fingerprint density at radius 1 is 1.03 bits per heavy atom. The highest BCUT2D eigenvalue weighted by Crippen LogP contribution is 2.70. The van der Waals surface area contributed by atoms with Crippen molar-refractivity contribution in [3.05, 3.63) is 0 Å². The molecule has 5 nitrogen and oxygen atoms in total. The number of Topliss-reactive ketones (excluding diaryl/α,β-unsaturated/α-hetero) is 2. The Bertz CT molecular complexity index is 830. The first-order valence-corrected chi connectivity index (χ1v) is 13.2. The molecular formula is C27H40O5. The number of fused-ring (bicyclic) bond motifs is 7. The van der Waals surface area contributed by atoms with Gasteiger partial charge < -0.3 is 14.6 Å². The lowest BCUT2D eigenvalue weighted by molar-refractivity contribution is -0.272. The lowest BCUT2D eigenvalue weighted by Crippen LogP contribution is -2.59. The van der Waals surface area contributed by atoms with E-state index in [1.54, 1.807) is 0 Å². The predicted molar refractivity (Wildman–Crippen MR) is 119 cm³/mol. The van der Waals surface area contributed by atoms with E-state index in [0.29, 0.717) is 48.7 Å². The van der Waals surface area contributed by atoms with Crippen molar-refractivity contribution < 1.29 is 24.2 Å². The Labute approximate surface area is 192 Å². The third-order valence-corrected chi connectivity index (χ3v) is 11.6. The Morgan fingerprint density at radius 3 is 2.53 bits per heavy atom. The monoisotopic (exact) mass is 444 g/mol. The van der Waals surface area contributed by atoms with Gasteiger partial charge in [-0.2, -0.15) is 0 Å². The number of aliphatic hydroxyl groups is 1. The summed E-state index contributed by atoms with van der Waals surface area (Å²) < 4.78 is 13.1. The van der Waals surface area contributed by atoms with E-state index < -0.39 is 11.9 Å². The molecule has 4 saturated carbocycles. The first-order valence-electron chi connectivity index (χ1n) is 13.2. The van der Waals surface area contributed by atoms with Crippen LogP contribution < -0.4 is 0 Å². The summed E-state index contributed by atoms with van der Waals surface area (Å²) in [4.78, 5) is 26.5. The molecule has 0 radical (unpaired) electrons. The second-order valence-corrected chi connectivity index (χ2v) is 12.9. The second-order valence-electron chi connectivity index (χ2n) is 12.9. The summed E-state index contributed by atoms with van der Waals surface area (Å²) in [5, 5.41) is 10.2. The summed E-state index contributed by atoms with van der Waals surface area (Å²) >= 11 is 0. The van der Waals surface area contributed by atoms with Gasteiger partial charge in [0.1, 0.15) is 11.9 Å². The Hall–Kier alpha value is -0.780. The van der Waals surface area contributed by atoms with Crippen LogP contribution in [0, 0.1) is 52.3 Å². The third-order valence-electron chi connectivity index (χ3n) is 11.6. The summed E-state index contributed by atoms with van der Waals surface area (Å²) in [6, 6.07) is 0. The van der Waals surface area contributed by atoms with Gasteiger partial charge in [0, 0.05) is 36.5 Å². The van der Waals surface area contributed by atoms with E-state index in [1.165, 1.54) is 0 Å². The molecule has 5 heteroatoms. The van der Waals surface area contributed by atoms with Gasteiger partial charge in [0.05, 0.1) is 12.7 Å². The Morgan fingerprint density at radius 2 is 1.81 bits per heavy atom. The molecule has 2 heterocycles. The molecule has 178 valence electrons. The van der Waals surface area contributed by atoms with Gasteiger partial charge in [-0.3, -0.25) is 9.59 Å². The van der Waals surface area contributed by atoms with E-state index in [4.69, 9.17) is 9.47 Å². The molecule has 0 amide bonds. The fourth-order valence-corrected chi connectivity index (χ4v) is 9.78. The van der Waals surface area contributed by atoms with E-state index in [2.05, 4.69) is 27.7 Å². The molecule has 0 aromatic carbocycles. The highest BCUT2D eigenvalue weighted by Gasteiger charge is 2.72. The van der Waals surface area contributed by atoms with Crippen LogP contribution in [0.4, 0.5) is 0 Å². The van der Waals surface area contributed by atoms with Gasteiger partial charge in [-0.15, -0.1) is 0 Å². The van der Waals surface area contributed by atoms with Gasteiger partial charge in [-0.25, -0.2) is 0 Å². The first-order chi connectivity index (χ1) is 15.1. The van der Waals surface area contributed by atoms with Crippen molar-refractivity contribution in [1.82, 2.24) is 0 Å². The minimum atomic E-state index is -0.802. The molecule has 32 heavy (non-hydrogen) atoms. The van der Waals surface area contributed by atoms with Gasteiger partial charge in [-0.05, 0) is 67.1 Å². The van der Waals surface area contributed by atoms with E-state index in [0.717, 1.165) is 38.7 Å². The topological polar surface area (TPSA) is 72.8 Å². The molecule has 0 aromatic heterocycles. The minimum Gasteiger partial charge on any atom is -0.385 e. The zero-order valence-corrected chi connectivity index (χ0v) is 20.1. The predicted octanol–water partition coefficient (Wildman–Crippen LogP) is 4.15. The van der Waals surface area contributed by atoms with Crippen molar-refractivity contribution >= 4 is 11.6 Å². The van der Waals surface area contributed by atoms with Crippen molar-refractivity contribution in [1.29, 1.82) is 0 Å². The summed E-state index contributed by atoms with van der Waals surface area (Å²) in [6.07, 6.45) is 6.12. The molecule has 6 aliphatic rings. The lowest BCUT2D eigenvalue weighted by Gasteiger charge is -2.60. The van der Waals surface area contributed by atoms with E-state index in [9.17, 15) is 14.7 Å². The van der Waals surface area contributed by atoms with Crippen LogP contribution in [0.3, 0.4) is 0 Å². The number of aliphatic hydroxyl groups excluding tert-OH is 1. The van der Waals surface area contributed by atoms with Gasteiger partial charge in [0.25, 0.3) is 0 Å². The molecule has 6 fully saturated rings. The van der Waals surface area contributed by atoms with Crippen LogP contribution in [-0.2, 0) is 19.1 Å². The van der Waals surface area contributed by atoms with Gasteiger partial charge in [-0.1, -0.05) is 27.7 Å². The average Bonchev–Trinajstić information content (AvgIpc) is 3.19.